The number of rotatable bonds is 5. The van der Waals surface area contributed by atoms with E-state index in [-0.39, 0.29) is 12.4 Å². The van der Waals surface area contributed by atoms with Gasteiger partial charge in [-0.15, -0.1) is 12.4 Å². The lowest BCUT2D eigenvalue weighted by Crippen LogP contribution is -2.21. The Hall–Kier alpha value is -0.770. The van der Waals surface area contributed by atoms with Crippen LogP contribution in [0, 0.1) is 0 Å². The Balaban J connectivity index is 0.00000169. The fourth-order valence-corrected chi connectivity index (χ4v) is 1.11. The number of para-hydroxylation sites is 1. The molecule has 0 heterocycles. The molecule has 4 heteroatoms. The third-order valence-electron chi connectivity index (χ3n) is 1.73. The summed E-state index contributed by atoms with van der Waals surface area (Å²) in [4.78, 5) is 0. The van der Waals surface area contributed by atoms with Gasteiger partial charge in [0.1, 0.15) is 5.75 Å². The summed E-state index contributed by atoms with van der Waals surface area (Å²) in [6.07, 6.45) is 1.02. The van der Waals surface area contributed by atoms with Gasteiger partial charge in [-0.25, -0.2) is 0 Å². The number of hydrogen-bond donors (Lipinski definition) is 2. The summed E-state index contributed by atoms with van der Waals surface area (Å²) >= 11 is 0. The van der Waals surface area contributed by atoms with Gasteiger partial charge in [0.05, 0.1) is 6.61 Å². The fourth-order valence-electron chi connectivity index (χ4n) is 1.11. The zero-order chi connectivity index (χ0) is 9.52. The Labute approximate surface area is 91.0 Å². The number of halogens is 1. The molecule has 0 saturated carbocycles. The van der Waals surface area contributed by atoms with Gasteiger partial charge in [-0.2, -0.15) is 0 Å². The van der Waals surface area contributed by atoms with Gasteiger partial charge in [0.2, 0.25) is 0 Å². The highest BCUT2D eigenvalue weighted by Crippen LogP contribution is 2.17. The van der Waals surface area contributed by atoms with Crippen LogP contribution >= 0.6 is 12.4 Å². The number of hydrazine groups is 1. The van der Waals surface area contributed by atoms with E-state index in [0.717, 1.165) is 24.3 Å². The molecule has 0 aliphatic carbocycles. The standard InChI is InChI=1S/C10H16N2O.ClH/c1-2-7-13-10-6-4-3-5-9(10)8-12-11;/h3-6,12H,2,7-8,11H2,1H3;1H. The van der Waals surface area contributed by atoms with Crippen molar-refractivity contribution in [2.45, 2.75) is 19.9 Å². The van der Waals surface area contributed by atoms with Crippen molar-refractivity contribution in [2.75, 3.05) is 6.61 Å². The summed E-state index contributed by atoms with van der Waals surface area (Å²) < 4.78 is 5.54. The zero-order valence-electron chi connectivity index (χ0n) is 8.32. The number of ether oxygens (including phenoxy) is 1. The van der Waals surface area contributed by atoms with E-state index in [0.29, 0.717) is 6.54 Å². The molecule has 0 amide bonds. The van der Waals surface area contributed by atoms with E-state index >= 15 is 0 Å². The molecule has 0 atom stereocenters. The molecule has 0 unspecified atom stereocenters. The zero-order valence-corrected chi connectivity index (χ0v) is 9.14. The van der Waals surface area contributed by atoms with Crippen LogP contribution in [-0.2, 0) is 6.54 Å². The lowest BCUT2D eigenvalue weighted by atomic mass is 10.2. The van der Waals surface area contributed by atoms with Crippen molar-refractivity contribution in [1.82, 2.24) is 5.43 Å². The summed E-state index contributed by atoms with van der Waals surface area (Å²) in [5, 5.41) is 0. The van der Waals surface area contributed by atoms with Crippen molar-refractivity contribution < 1.29 is 4.74 Å². The molecule has 0 aliphatic heterocycles. The van der Waals surface area contributed by atoms with Crippen LogP contribution in [0.3, 0.4) is 0 Å². The summed E-state index contributed by atoms with van der Waals surface area (Å²) in [7, 11) is 0. The Morgan fingerprint density at radius 1 is 1.36 bits per heavy atom. The van der Waals surface area contributed by atoms with Crippen LogP contribution in [0.5, 0.6) is 5.75 Å². The number of hydrogen-bond acceptors (Lipinski definition) is 3. The van der Waals surface area contributed by atoms with E-state index in [1.165, 1.54) is 0 Å². The van der Waals surface area contributed by atoms with E-state index in [9.17, 15) is 0 Å². The van der Waals surface area contributed by atoms with Crippen molar-refractivity contribution in [2.24, 2.45) is 5.84 Å². The molecule has 1 rings (SSSR count). The van der Waals surface area contributed by atoms with Gasteiger partial charge in [-0.1, -0.05) is 25.1 Å². The van der Waals surface area contributed by atoms with E-state index in [1.807, 2.05) is 24.3 Å². The predicted molar refractivity (Wildman–Crippen MR) is 60.5 cm³/mol. The van der Waals surface area contributed by atoms with Gasteiger partial charge in [0, 0.05) is 12.1 Å². The number of benzene rings is 1. The highest BCUT2D eigenvalue weighted by atomic mass is 35.5. The highest BCUT2D eigenvalue weighted by Gasteiger charge is 2.00. The molecular formula is C10H17ClN2O. The van der Waals surface area contributed by atoms with Gasteiger partial charge < -0.3 is 4.74 Å². The SMILES string of the molecule is CCCOc1ccccc1CNN.Cl. The van der Waals surface area contributed by atoms with Crippen LogP contribution in [0.4, 0.5) is 0 Å². The largest absolute Gasteiger partial charge is 0.493 e. The molecule has 0 bridgehead atoms. The van der Waals surface area contributed by atoms with Gasteiger partial charge in [0.25, 0.3) is 0 Å². The van der Waals surface area contributed by atoms with Gasteiger partial charge in [-0.3, -0.25) is 11.3 Å². The maximum Gasteiger partial charge on any atom is 0.123 e. The monoisotopic (exact) mass is 216 g/mol. The van der Waals surface area contributed by atoms with Crippen molar-refractivity contribution >= 4 is 12.4 Å². The molecular weight excluding hydrogens is 200 g/mol. The quantitative estimate of drug-likeness (QED) is 0.584. The summed E-state index contributed by atoms with van der Waals surface area (Å²) in [5.74, 6) is 6.17. The summed E-state index contributed by atoms with van der Waals surface area (Å²) in [6.45, 7) is 3.48. The maximum atomic E-state index is 5.54. The first-order chi connectivity index (χ1) is 6.38. The topological polar surface area (TPSA) is 47.3 Å². The Morgan fingerprint density at radius 2 is 2.07 bits per heavy atom. The second-order valence-electron chi connectivity index (χ2n) is 2.84. The van der Waals surface area contributed by atoms with Gasteiger partial charge in [-0.05, 0) is 12.5 Å². The van der Waals surface area contributed by atoms with Crippen LogP contribution in [0.2, 0.25) is 0 Å². The maximum absolute atomic E-state index is 5.54. The molecule has 0 fully saturated rings. The minimum Gasteiger partial charge on any atom is -0.493 e. The lowest BCUT2D eigenvalue weighted by molar-refractivity contribution is 0.313. The molecule has 1 aromatic carbocycles. The van der Waals surface area contributed by atoms with Crippen molar-refractivity contribution in [3.63, 3.8) is 0 Å². The summed E-state index contributed by atoms with van der Waals surface area (Å²) in [5.41, 5.74) is 3.72. The molecule has 1 aromatic rings. The highest BCUT2D eigenvalue weighted by molar-refractivity contribution is 5.85. The van der Waals surface area contributed by atoms with Gasteiger partial charge >= 0.3 is 0 Å². The molecule has 0 radical (unpaired) electrons. The average molecular weight is 217 g/mol. The van der Waals surface area contributed by atoms with E-state index < -0.39 is 0 Å². The molecule has 0 aromatic heterocycles. The minimum absolute atomic E-state index is 0. The predicted octanol–water partition coefficient (Wildman–Crippen LogP) is 1.86. The number of nitrogens with two attached hydrogens (primary N) is 1. The van der Waals surface area contributed by atoms with E-state index in [1.54, 1.807) is 0 Å². The van der Waals surface area contributed by atoms with Crippen LogP contribution in [0.1, 0.15) is 18.9 Å². The second-order valence-corrected chi connectivity index (χ2v) is 2.84. The second kappa shape index (κ2) is 7.62. The van der Waals surface area contributed by atoms with Crippen molar-refractivity contribution in [3.8, 4) is 5.75 Å². The number of nitrogens with one attached hydrogen (secondary N) is 1. The lowest BCUT2D eigenvalue weighted by Gasteiger charge is -2.09. The first kappa shape index (κ1) is 13.2. The summed E-state index contributed by atoms with van der Waals surface area (Å²) in [6, 6.07) is 7.91. The van der Waals surface area contributed by atoms with Crippen LogP contribution in [0.15, 0.2) is 24.3 Å². The average Bonchev–Trinajstić information content (AvgIpc) is 2.17. The fraction of sp³-hybridized carbons (Fsp3) is 0.400. The Kier molecular flexibility index (Phi) is 7.20. The Morgan fingerprint density at radius 3 is 2.71 bits per heavy atom. The smallest absolute Gasteiger partial charge is 0.123 e. The minimum atomic E-state index is 0. The van der Waals surface area contributed by atoms with Gasteiger partial charge in [0.15, 0.2) is 0 Å². The van der Waals surface area contributed by atoms with E-state index in [2.05, 4.69) is 12.3 Å². The first-order valence-corrected chi connectivity index (χ1v) is 4.52. The molecule has 3 N–H and O–H groups in total. The molecule has 14 heavy (non-hydrogen) atoms. The molecule has 3 nitrogen and oxygen atoms in total. The van der Waals surface area contributed by atoms with Crippen LogP contribution in [-0.4, -0.2) is 6.61 Å². The Bertz CT molecular complexity index is 256. The molecule has 80 valence electrons. The van der Waals surface area contributed by atoms with Crippen molar-refractivity contribution in [3.05, 3.63) is 29.8 Å². The first-order valence-electron chi connectivity index (χ1n) is 4.52. The molecule has 0 saturated heterocycles. The van der Waals surface area contributed by atoms with Crippen LogP contribution in [0.25, 0.3) is 0 Å². The normalized spacial score (nSPS) is 9.29. The third-order valence-corrected chi connectivity index (χ3v) is 1.73. The third kappa shape index (κ3) is 3.96. The van der Waals surface area contributed by atoms with Crippen LogP contribution < -0.4 is 16.0 Å². The molecule has 0 spiro atoms. The van der Waals surface area contributed by atoms with Crippen molar-refractivity contribution in [1.29, 1.82) is 0 Å². The molecule has 0 aliphatic rings. The van der Waals surface area contributed by atoms with E-state index in [4.69, 9.17) is 10.6 Å².